The summed E-state index contributed by atoms with van der Waals surface area (Å²) in [7, 11) is 0. The number of carbonyl (C=O) groups excluding carboxylic acids is 1. The summed E-state index contributed by atoms with van der Waals surface area (Å²) in [6.45, 7) is 8.24. The number of unbranched alkanes of at least 4 members (excludes halogenated alkanes) is 1. The minimum Gasteiger partial charge on any atom is -0.291 e. The normalized spacial score (nSPS) is 12.1. The van der Waals surface area contributed by atoms with Gasteiger partial charge in [-0.2, -0.15) is 0 Å². The summed E-state index contributed by atoms with van der Waals surface area (Å²) >= 11 is 10.1. The Morgan fingerprint density at radius 1 is 1.19 bits per heavy atom. The number of nitrogens with zero attached hydrogens (tertiary/aromatic N) is 1. The third-order valence-electron chi connectivity index (χ3n) is 3.15. The molecule has 2 heterocycles. The van der Waals surface area contributed by atoms with E-state index in [1.54, 1.807) is 11.3 Å². The van der Waals surface area contributed by atoms with Crippen molar-refractivity contribution in [3.63, 3.8) is 0 Å². The Kier molecular flexibility index (Phi) is 8.61. The highest BCUT2D eigenvalue weighted by Gasteiger charge is 2.23. The van der Waals surface area contributed by atoms with E-state index in [-0.39, 0.29) is 11.7 Å². The second-order valence-electron chi connectivity index (χ2n) is 4.46. The summed E-state index contributed by atoms with van der Waals surface area (Å²) in [5.74, 6) is 0.331. The van der Waals surface area contributed by atoms with Gasteiger partial charge in [-0.05, 0) is 44.7 Å². The van der Waals surface area contributed by atoms with Gasteiger partial charge in [-0.25, -0.2) is 4.98 Å². The molecule has 21 heavy (non-hydrogen) atoms. The Balaban J connectivity index is 0.00000106. The average molecular weight is 455 g/mol. The second kappa shape index (κ2) is 9.38. The summed E-state index contributed by atoms with van der Waals surface area (Å²) in [5, 5.41) is 0.655. The summed E-state index contributed by atoms with van der Waals surface area (Å²) in [6, 6.07) is 0. The van der Waals surface area contributed by atoms with Crippen LogP contribution in [0.25, 0.3) is 10.2 Å². The zero-order valence-electron chi connectivity index (χ0n) is 12.8. The van der Waals surface area contributed by atoms with E-state index in [0.29, 0.717) is 5.01 Å². The Bertz CT molecular complexity index is 557. The van der Waals surface area contributed by atoms with Crippen LogP contribution < -0.4 is 0 Å². The van der Waals surface area contributed by atoms with Crippen LogP contribution in [0.15, 0.2) is 7.57 Å². The highest BCUT2D eigenvalue weighted by molar-refractivity contribution is 9.12. The number of ketones is 1. The molecule has 2 nitrogen and oxygen atoms in total. The number of rotatable bonds is 6. The van der Waals surface area contributed by atoms with Crippen LogP contribution in [0.3, 0.4) is 0 Å². The topological polar surface area (TPSA) is 30.0 Å². The molecule has 2 aromatic rings. The van der Waals surface area contributed by atoms with E-state index < -0.39 is 0 Å². The molecular formula is C15H21Br2NOS2. The molecule has 0 aliphatic carbocycles. The molecule has 2 rings (SSSR count). The van der Waals surface area contributed by atoms with Gasteiger partial charge < -0.3 is 0 Å². The number of fused-ring (bicyclic) bond motifs is 1. The fraction of sp³-hybridized carbons (Fsp3) is 0.600. The number of Topliss-reactive ketones (excluding diaryl/α,β-unsaturated/α-hetero) is 1. The molecule has 2 aromatic heterocycles. The first-order valence-electron chi connectivity index (χ1n) is 7.37. The van der Waals surface area contributed by atoms with E-state index in [4.69, 9.17) is 0 Å². The van der Waals surface area contributed by atoms with Crippen LogP contribution in [-0.4, -0.2) is 10.8 Å². The van der Waals surface area contributed by atoms with Gasteiger partial charge in [-0.15, -0.1) is 22.7 Å². The summed E-state index contributed by atoms with van der Waals surface area (Å²) in [5.41, 5.74) is 0.913. The molecular weight excluding hydrogens is 434 g/mol. The van der Waals surface area contributed by atoms with Crippen molar-refractivity contribution in [2.75, 3.05) is 0 Å². The quantitative estimate of drug-likeness (QED) is 0.428. The molecule has 0 spiro atoms. The zero-order chi connectivity index (χ0) is 16.0. The van der Waals surface area contributed by atoms with Crippen molar-refractivity contribution in [2.24, 2.45) is 5.92 Å². The molecule has 0 N–H and O–H groups in total. The summed E-state index contributed by atoms with van der Waals surface area (Å²) < 4.78 is 3.12. The number of hydrogen-bond acceptors (Lipinski definition) is 4. The molecule has 0 amide bonds. The minimum atomic E-state index is 0.122. The SMILES string of the molecule is CC.CCCCC(CC)C(=O)c1nc2c(Br)sc(Br)c2s1. The fourth-order valence-corrected chi connectivity index (χ4v) is 6.31. The first kappa shape index (κ1) is 19.3. The van der Waals surface area contributed by atoms with Gasteiger partial charge in [0.2, 0.25) is 0 Å². The van der Waals surface area contributed by atoms with E-state index in [2.05, 4.69) is 50.7 Å². The smallest absolute Gasteiger partial charge is 0.194 e. The van der Waals surface area contributed by atoms with Crippen LogP contribution in [-0.2, 0) is 0 Å². The molecule has 1 unspecified atom stereocenters. The summed E-state index contributed by atoms with van der Waals surface area (Å²) in [6.07, 6.45) is 4.11. The first-order valence-corrected chi connectivity index (χ1v) is 10.6. The van der Waals surface area contributed by atoms with E-state index in [9.17, 15) is 4.79 Å². The molecule has 0 saturated carbocycles. The van der Waals surface area contributed by atoms with Gasteiger partial charge >= 0.3 is 0 Å². The Morgan fingerprint density at radius 2 is 1.86 bits per heavy atom. The van der Waals surface area contributed by atoms with Crippen molar-refractivity contribution in [1.29, 1.82) is 0 Å². The molecule has 0 aromatic carbocycles. The molecule has 0 aliphatic rings. The predicted molar refractivity (Wildman–Crippen MR) is 102 cm³/mol. The fourth-order valence-electron chi connectivity index (χ4n) is 2.01. The Labute approximate surface area is 151 Å². The van der Waals surface area contributed by atoms with Crippen molar-refractivity contribution in [3.05, 3.63) is 12.6 Å². The van der Waals surface area contributed by atoms with E-state index in [1.807, 2.05) is 13.8 Å². The second-order valence-corrected chi connectivity index (χ2v) is 9.11. The molecule has 6 heteroatoms. The van der Waals surface area contributed by atoms with E-state index >= 15 is 0 Å². The monoisotopic (exact) mass is 453 g/mol. The number of thiazole rings is 1. The lowest BCUT2D eigenvalue weighted by molar-refractivity contribution is 0.0908. The van der Waals surface area contributed by atoms with Gasteiger partial charge in [0.15, 0.2) is 10.8 Å². The third kappa shape index (κ3) is 4.60. The van der Waals surface area contributed by atoms with Gasteiger partial charge in [0.1, 0.15) is 5.52 Å². The lowest BCUT2D eigenvalue weighted by atomic mass is 9.95. The number of thiophene rings is 1. The van der Waals surface area contributed by atoms with Crippen molar-refractivity contribution < 1.29 is 4.79 Å². The van der Waals surface area contributed by atoms with Crippen LogP contribution in [0.1, 0.15) is 63.2 Å². The maximum absolute atomic E-state index is 12.5. The van der Waals surface area contributed by atoms with E-state index in [0.717, 1.165) is 43.5 Å². The zero-order valence-corrected chi connectivity index (χ0v) is 17.6. The molecule has 0 fully saturated rings. The van der Waals surface area contributed by atoms with Gasteiger partial charge in [0, 0.05) is 5.92 Å². The van der Waals surface area contributed by atoms with Crippen molar-refractivity contribution in [3.8, 4) is 0 Å². The van der Waals surface area contributed by atoms with Gasteiger partial charge in [-0.1, -0.05) is 40.5 Å². The number of hydrogen-bond donors (Lipinski definition) is 0. The van der Waals surface area contributed by atoms with Crippen molar-refractivity contribution in [2.45, 2.75) is 53.4 Å². The standard InChI is InChI=1S/C13H15Br2NOS2.C2H6/c1-3-5-6-7(4-2)9(17)13-16-8-10(18-13)12(15)19-11(8)14;1-2/h7H,3-6H2,1-2H3;1-2H3. The molecule has 0 radical (unpaired) electrons. The number of carbonyl (C=O) groups is 1. The molecule has 0 bridgehead atoms. The largest absolute Gasteiger partial charge is 0.291 e. The van der Waals surface area contributed by atoms with Gasteiger partial charge in [-0.3, -0.25) is 4.79 Å². The Morgan fingerprint density at radius 3 is 2.38 bits per heavy atom. The van der Waals surface area contributed by atoms with Crippen LogP contribution in [0.5, 0.6) is 0 Å². The first-order chi connectivity index (χ1) is 10.1. The van der Waals surface area contributed by atoms with Crippen LogP contribution in [0.4, 0.5) is 0 Å². The highest BCUT2D eigenvalue weighted by Crippen LogP contribution is 2.42. The maximum Gasteiger partial charge on any atom is 0.194 e. The molecule has 1 atom stereocenters. The van der Waals surface area contributed by atoms with Gasteiger partial charge in [0.05, 0.1) is 12.3 Å². The predicted octanol–water partition coefficient (Wildman–Crippen LogP) is 7.31. The van der Waals surface area contributed by atoms with E-state index in [1.165, 1.54) is 11.3 Å². The van der Waals surface area contributed by atoms with Crippen molar-refractivity contribution in [1.82, 2.24) is 4.98 Å². The lowest BCUT2D eigenvalue weighted by Crippen LogP contribution is -2.13. The third-order valence-corrected chi connectivity index (χ3v) is 7.13. The maximum atomic E-state index is 12.5. The Hall–Kier alpha value is 0.220. The van der Waals surface area contributed by atoms with Crippen LogP contribution >= 0.6 is 54.5 Å². The van der Waals surface area contributed by atoms with Gasteiger partial charge in [0.25, 0.3) is 0 Å². The average Bonchev–Trinajstić information content (AvgIpc) is 3.04. The number of halogens is 2. The lowest BCUT2D eigenvalue weighted by Gasteiger charge is -2.10. The van der Waals surface area contributed by atoms with Crippen molar-refractivity contribution >= 4 is 70.5 Å². The highest BCUT2D eigenvalue weighted by atomic mass is 79.9. The molecule has 118 valence electrons. The summed E-state index contributed by atoms with van der Waals surface area (Å²) in [4.78, 5) is 17.0. The molecule has 0 saturated heterocycles. The van der Waals surface area contributed by atoms with Crippen LogP contribution in [0.2, 0.25) is 0 Å². The minimum absolute atomic E-state index is 0.122. The van der Waals surface area contributed by atoms with Crippen LogP contribution in [0, 0.1) is 5.92 Å². The number of aromatic nitrogens is 1. The molecule has 0 aliphatic heterocycles.